The van der Waals surface area contributed by atoms with Gasteiger partial charge >= 0.3 is 0 Å². The number of hydrogen-bond acceptors (Lipinski definition) is 3. The van der Waals surface area contributed by atoms with E-state index in [1.54, 1.807) is 0 Å². The minimum Gasteiger partial charge on any atom is -0.299 e. The van der Waals surface area contributed by atoms with Crippen molar-refractivity contribution >= 4 is 22.3 Å². The Morgan fingerprint density at radius 1 is 1.17 bits per heavy atom. The average Bonchev–Trinajstić information content (AvgIpc) is 2.61. The van der Waals surface area contributed by atoms with Gasteiger partial charge in [-0.3, -0.25) is 15.1 Å². The summed E-state index contributed by atoms with van der Waals surface area (Å²) >= 11 is 0. The fourth-order valence-electron chi connectivity index (χ4n) is 3.20. The van der Waals surface area contributed by atoms with Crippen LogP contribution in [0.3, 0.4) is 0 Å². The molecule has 3 N–H and O–H groups in total. The highest BCUT2D eigenvalue weighted by atomic mass is 16.2. The van der Waals surface area contributed by atoms with E-state index < -0.39 is 0 Å². The van der Waals surface area contributed by atoms with Crippen LogP contribution in [0, 0.1) is 0 Å². The van der Waals surface area contributed by atoms with Crippen molar-refractivity contribution in [2.24, 2.45) is 5.84 Å². The minimum absolute atomic E-state index is 0.0889. The number of hydrogen-bond donors (Lipinski definition) is 2. The summed E-state index contributed by atoms with van der Waals surface area (Å²) < 4.78 is 0. The summed E-state index contributed by atoms with van der Waals surface area (Å²) in [4.78, 5) is 13.5. The Bertz CT molecular complexity index is 718. The van der Waals surface area contributed by atoms with Crippen LogP contribution >= 0.6 is 0 Å². The number of rotatable bonds is 5. The van der Waals surface area contributed by atoms with Crippen LogP contribution in [0.25, 0.3) is 16.3 Å². The Balaban J connectivity index is 1.65. The molecule has 3 rings (SSSR count). The van der Waals surface area contributed by atoms with Crippen molar-refractivity contribution in [2.75, 3.05) is 19.6 Å². The number of amides is 1. The van der Waals surface area contributed by atoms with E-state index in [9.17, 15) is 4.79 Å². The van der Waals surface area contributed by atoms with Crippen molar-refractivity contribution in [1.82, 2.24) is 10.3 Å². The predicted molar refractivity (Wildman–Crippen MR) is 94.5 cm³/mol. The molecule has 1 heterocycles. The molecule has 0 radical (unpaired) electrons. The second kappa shape index (κ2) is 7.40. The maximum Gasteiger partial charge on any atom is 0.233 e. The van der Waals surface area contributed by atoms with Gasteiger partial charge in [0.25, 0.3) is 0 Å². The van der Waals surface area contributed by atoms with Crippen molar-refractivity contribution in [1.29, 1.82) is 0 Å². The van der Waals surface area contributed by atoms with Gasteiger partial charge < -0.3 is 0 Å². The molecule has 4 nitrogen and oxygen atoms in total. The highest BCUT2D eigenvalue weighted by Crippen LogP contribution is 2.29. The molecule has 0 fully saturated rings. The first-order valence-corrected chi connectivity index (χ1v) is 8.17. The first kappa shape index (κ1) is 15.7. The van der Waals surface area contributed by atoms with Crippen molar-refractivity contribution in [3.05, 3.63) is 54.1 Å². The molecular formula is C19H23N3O. The highest BCUT2D eigenvalue weighted by molar-refractivity contribution is 5.94. The summed E-state index contributed by atoms with van der Waals surface area (Å²) in [6.07, 6.45) is 4.72. The van der Waals surface area contributed by atoms with Gasteiger partial charge in [-0.2, -0.15) is 0 Å². The first-order chi connectivity index (χ1) is 11.3. The van der Waals surface area contributed by atoms with Gasteiger partial charge in [-0.25, -0.2) is 5.84 Å². The number of fused-ring (bicyclic) bond motifs is 1. The van der Waals surface area contributed by atoms with E-state index in [1.165, 1.54) is 21.9 Å². The number of carbonyl (C=O) groups excluding carboxylic acids is 1. The fraction of sp³-hybridized carbons (Fsp3) is 0.316. The molecule has 0 unspecified atom stereocenters. The molecule has 23 heavy (non-hydrogen) atoms. The normalized spacial score (nSPS) is 15.4. The minimum atomic E-state index is -0.0889. The molecule has 0 aromatic heterocycles. The van der Waals surface area contributed by atoms with Gasteiger partial charge in [0.05, 0.1) is 0 Å². The second-order valence-electron chi connectivity index (χ2n) is 5.98. The topological polar surface area (TPSA) is 58.4 Å². The number of hydrazine groups is 1. The van der Waals surface area contributed by atoms with Crippen molar-refractivity contribution < 1.29 is 4.79 Å². The van der Waals surface area contributed by atoms with Gasteiger partial charge in [0, 0.05) is 19.5 Å². The predicted octanol–water partition coefficient (Wildman–Crippen LogP) is 2.70. The lowest BCUT2D eigenvalue weighted by atomic mass is 9.94. The molecule has 120 valence electrons. The van der Waals surface area contributed by atoms with Crippen LogP contribution in [0.1, 0.15) is 24.8 Å². The zero-order chi connectivity index (χ0) is 16.1. The Kier molecular flexibility index (Phi) is 5.05. The summed E-state index contributed by atoms with van der Waals surface area (Å²) in [7, 11) is 0. The third-order valence-electron chi connectivity index (χ3n) is 4.47. The van der Waals surface area contributed by atoms with Crippen LogP contribution < -0.4 is 11.3 Å². The summed E-state index contributed by atoms with van der Waals surface area (Å²) in [5, 5.41) is 2.62. The van der Waals surface area contributed by atoms with Gasteiger partial charge in [0.15, 0.2) is 0 Å². The van der Waals surface area contributed by atoms with Crippen molar-refractivity contribution in [2.45, 2.75) is 19.3 Å². The molecule has 0 bridgehead atoms. The maximum absolute atomic E-state index is 11.1. The molecule has 2 aromatic rings. The lowest BCUT2D eigenvalue weighted by molar-refractivity contribution is -0.121. The van der Waals surface area contributed by atoms with Crippen LogP contribution in [0.4, 0.5) is 0 Å². The van der Waals surface area contributed by atoms with E-state index in [0.29, 0.717) is 6.42 Å². The lowest BCUT2D eigenvalue weighted by Gasteiger charge is -2.26. The van der Waals surface area contributed by atoms with Crippen LogP contribution in [-0.4, -0.2) is 30.4 Å². The maximum atomic E-state index is 11.1. The third kappa shape index (κ3) is 3.78. The number of nitrogens with zero attached hydrogens (tertiary/aromatic N) is 1. The molecule has 0 saturated carbocycles. The number of benzene rings is 2. The zero-order valence-electron chi connectivity index (χ0n) is 13.3. The zero-order valence-corrected chi connectivity index (χ0v) is 13.3. The molecule has 0 saturated heterocycles. The van der Waals surface area contributed by atoms with Crippen LogP contribution in [-0.2, 0) is 4.79 Å². The molecule has 1 aliphatic heterocycles. The molecule has 1 aliphatic rings. The van der Waals surface area contributed by atoms with E-state index in [0.717, 1.165) is 32.5 Å². The van der Waals surface area contributed by atoms with Gasteiger partial charge in [0.1, 0.15) is 0 Å². The highest BCUT2D eigenvalue weighted by Gasteiger charge is 2.14. The number of nitrogens with two attached hydrogens (primary N) is 1. The number of carbonyl (C=O) groups is 1. The standard InChI is InChI=1S/C19H23N3O/c20-21-19(23)9-4-12-22-13-10-16(11-14-22)18-8-3-6-15-5-1-2-7-17(15)18/h1-3,5-8,10H,4,9,11-14,20H2,(H,21,23). The molecule has 4 heteroatoms. The van der Waals surface area contributed by atoms with E-state index >= 15 is 0 Å². The summed E-state index contributed by atoms with van der Waals surface area (Å²) in [5.74, 6) is 5.01. The van der Waals surface area contributed by atoms with Gasteiger partial charge in [0.2, 0.25) is 5.91 Å². The molecule has 2 aromatic carbocycles. The largest absolute Gasteiger partial charge is 0.299 e. The van der Waals surface area contributed by atoms with E-state index in [4.69, 9.17) is 5.84 Å². The number of nitrogens with one attached hydrogen (secondary N) is 1. The summed E-state index contributed by atoms with van der Waals surface area (Å²) in [6, 6.07) is 15.1. The smallest absolute Gasteiger partial charge is 0.233 e. The van der Waals surface area contributed by atoms with Crippen LogP contribution in [0.2, 0.25) is 0 Å². The lowest BCUT2D eigenvalue weighted by Crippen LogP contribution is -2.32. The molecule has 0 atom stereocenters. The first-order valence-electron chi connectivity index (χ1n) is 8.17. The quantitative estimate of drug-likeness (QED) is 0.507. The Morgan fingerprint density at radius 3 is 2.78 bits per heavy atom. The summed E-state index contributed by atoms with van der Waals surface area (Å²) in [5.41, 5.74) is 4.96. The van der Waals surface area contributed by atoms with E-state index in [2.05, 4.69) is 58.9 Å². The SMILES string of the molecule is NNC(=O)CCCN1CC=C(c2cccc3ccccc23)CC1. The van der Waals surface area contributed by atoms with Crippen molar-refractivity contribution in [3.63, 3.8) is 0 Å². The Hall–Kier alpha value is -2.17. The molecule has 0 aliphatic carbocycles. The third-order valence-corrected chi connectivity index (χ3v) is 4.47. The van der Waals surface area contributed by atoms with Gasteiger partial charge in [-0.1, -0.05) is 48.5 Å². The van der Waals surface area contributed by atoms with Crippen LogP contribution in [0.5, 0.6) is 0 Å². The fourth-order valence-corrected chi connectivity index (χ4v) is 3.20. The van der Waals surface area contributed by atoms with Crippen molar-refractivity contribution in [3.8, 4) is 0 Å². The monoisotopic (exact) mass is 309 g/mol. The van der Waals surface area contributed by atoms with Gasteiger partial charge in [-0.15, -0.1) is 0 Å². The second-order valence-corrected chi connectivity index (χ2v) is 5.98. The molecule has 1 amide bonds. The van der Waals surface area contributed by atoms with Crippen LogP contribution in [0.15, 0.2) is 48.5 Å². The van der Waals surface area contributed by atoms with Gasteiger partial charge in [-0.05, 0) is 41.3 Å². The van der Waals surface area contributed by atoms with E-state index in [-0.39, 0.29) is 5.91 Å². The Morgan fingerprint density at radius 2 is 2.00 bits per heavy atom. The summed E-state index contributed by atoms with van der Waals surface area (Å²) in [6.45, 7) is 2.93. The molecular weight excluding hydrogens is 286 g/mol. The Labute approximate surface area is 136 Å². The van der Waals surface area contributed by atoms with E-state index in [1.807, 2.05) is 0 Å². The molecule has 0 spiro atoms. The average molecular weight is 309 g/mol.